The van der Waals surface area contributed by atoms with Gasteiger partial charge < -0.3 is 4.74 Å². The minimum absolute atomic E-state index is 0.0128. The summed E-state index contributed by atoms with van der Waals surface area (Å²) in [5.41, 5.74) is -0.0492. The van der Waals surface area contributed by atoms with Crippen LogP contribution in [0, 0.1) is 0 Å². The number of hydrogen-bond donors (Lipinski definition) is 0. The Bertz CT molecular complexity index is 369. The summed E-state index contributed by atoms with van der Waals surface area (Å²) < 4.78 is 43.6. The zero-order chi connectivity index (χ0) is 10.4. The molecule has 0 saturated carbocycles. The number of thioether (sulfide) groups is 1. The monoisotopic (exact) mass is 220 g/mol. The summed E-state index contributed by atoms with van der Waals surface area (Å²) in [5, 5.41) is -5.87. The van der Waals surface area contributed by atoms with Gasteiger partial charge in [-0.3, -0.25) is 0 Å². The predicted molar refractivity (Wildman–Crippen MR) is 48.3 cm³/mol. The van der Waals surface area contributed by atoms with Crippen LogP contribution in [0.25, 0.3) is 0 Å². The van der Waals surface area contributed by atoms with Crippen molar-refractivity contribution in [2.24, 2.45) is 0 Å². The first-order chi connectivity index (χ1) is 6.49. The van der Waals surface area contributed by atoms with E-state index in [0.29, 0.717) is 5.75 Å². The number of methoxy groups -OCH3 is 1. The van der Waals surface area contributed by atoms with Crippen molar-refractivity contribution in [2.45, 2.75) is 10.3 Å². The van der Waals surface area contributed by atoms with Crippen molar-refractivity contribution in [1.82, 2.24) is 0 Å². The lowest BCUT2D eigenvalue weighted by molar-refractivity contribution is 0.0470. The fourth-order valence-corrected chi connectivity index (χ4v) is 1.87. The van der Waals surface area contributed by atoms with Gasteiger partial charge >= 0.3 is 5.25 Å². The highest BCUT2D eigenvalue weighted by Crippen LogP contribution is 2.73. The molecule has 14 heavy (non-hydrogen) atoms. The van der Waals surface area contributed by atoms with Gasteiger partial charge in [0.25, 0.3) is 5.00 Å². The molecule has 1 aromatic rings. The number of ether oxygens (including phenoxy) is 1. The lowest BCUT2D eigenvalue weighted by Crippen LogP contribution is -2.09. The molecule has 1 heterocycles. The van der Waals surface area contributed by atoms with Crippen LogP contribution in [0.15, 0.2) is 24.3 Å². The molecular weight excluding hydrogens is 213 g/mol. The van der Waals surface area contributed by atoms with E-state index in [2.05, 4.69) is 0 Å². The Morgan fingerprint density at radius 3 is 2.43 bits per heavy atom. The maximum Gasteiger partial charge on any atom is 0.344 e. The van der Waals surface area contributed by atoms with Crippen molar-refractivity contribution in [2.75, 3.05) is 7.11 Å². The van der Waals surface area contributed by atoms with Crippen molar-refractivity contribution in [3.8, 4) is 5.75 Å². The van der Waals surface area contributed by atoms with Gasteiger partial charge in [0.1, 0.15) is 5.75 Å². The molecule has 1 aromatic carbocycles. The summed E-state index contributed by atoms with van der Waals surface area (Å²) in [7, 11) is 1.40. The highest BCUT2D eigenvalue weighted by molar-refractivity contribution is 8.08. The van der Waals surface area contributed by atoms with E-state index >= 15 is 0 Å². The van der Waals surface area contributed by atoms with E-state index in [1.807, 2.05) is 0 Å². The largest absolute Gasteiger partial charge is 0.497 e. The molecule has 1 aliphatic rings. The van der Waals surface area contributed by atoms with Gasteiger partial charge in [-0.05, 0) is 23.9 Å². The first kappa shape index (κ1) is 9.71. The van der Waals surface area contributed by atoms with Crippen molar-refractivity contribution in [3.05, 3.63) is 29.8 Å². The summed E-state index contributed by atoms with van der Waals surface area (Å²) in [4.78, 5) is 0. The van der Waals surface area contributed by atoms with E-state index < -0.39 is 10.3 Å². The van der Waals surface area contributed by atoms with Crippen LogP contribution in [-0.2, 0) is 5.00 Å². The average Bonchev–Trinajstić information content (AvgIpc) is 2.68. The van der Waals surface area contributed by atoms with Gasteiger partial charge in [0, 0.05) is 5.56 Å². The Labute approximate surface area is 83.3 Å². The van der Waals surface area contributed by atoms with Crippen LogP contribution in [0.5, 0.6) is 5.75 Å². The molecular formula is C9H7F3OS. The van der Waals surface area contributed by atoms with E-state index in [0.717, 1.165) is 0 Å². The normalized spacial score (nSPS) is 28.6. The molecule has 76 valence electrons. The minimum Gasteiger partial charge on any atom is -0.497 e. The average molecular weight is 220 g/mol. The topological polar surface area (TPSA) is 9.23 Å². The third-order valence-electron chi connectivity index (χ3n) is 2.04. The first-order valence-corrected chi connectivity index (χ1v) is 4.73. The molecule has 5 heteroatoms. The molecule has 1 saturated heterocycles. The van der Waals surface area contributed by atoms with Gasteiger partial charge in [0.15, 0.2) is 0 Å². The maximum absolute atomic E-state index is 13.5. The molecule has 1 aliphatic heterocycles. The van der Waals surface area contributed by atoms with E-state index in [9.17, 15) is 13.2 Å². The molecule has 2 rings (SSSR count). The SMILES string of the molecule is COc1cccc(C2(F)SC2(F)F)c1. The Kier molecular flexibility index (Phi) is 1.96. The lowest BCUT2D eigenvalue weighted by Gasteiger charge is -2.06. The third-order valence-corrected chi connectivity index (χ3v) is 3.15. The highest BCUT2D eigenvalue weighted by Gasteiger charge is 2.76. The minimum atomic E-state index is -3.31. The van der Waals surface area contributed by atoms with Crippen LogP contribution < -0.4 is 4.74 Å². The Balaban J connectivity index is 2.34. The van der Waals surface area contributed by atoms with Gasteiger partial charge in [-0.1, -0.05) is 12.1 Å². The van der Waals surface area contributed by atoms with Crippen LogP contribution in [-0.4, -0.2) is 12.4 Å². The Hall–Kier alpha value is -0.840. The van der Waals surface area contributed by atoms with Gasteiger partial charge in [0.2, 0.25) is 0 Å². The molecule has 0 amide bonds. The Morgan fingerprint density at radius 1 is 1.29 bits per heavy atom. The number of rotatable bonds is 2. The van der Waals surface area contributed by atoms with Crippen molar-refractivity contribution >= 4 is 11.8 Å². The highest BCUT2D eigenvalue weighted by atomic mass is 32.2. The van der Waals surface area contributed by atoms with Crippen molar-refractivity contribution < 1.29 is 17.9 Å². The van der Waals surface area contributed by atoms with Gasteiger partial charge in [0.05, 0.1) is 7.11 Å². The summed E-state index contributed by atoms with van der Waals surface area (Å²) in [6.07, 6.45) is 0. The molecule has 1 fully saturated rings. The fourth-order valence-electron chi connectivity index (χ4n) is 1.20. The van der Waals surface area contributed by atoms with Gasteiger partial charge in [-0.15, -0.1) is 0 Å². The summed E-state index contributed by atoms with van der Waals surface area (Å²) >= 11 is 0.0128. The van der Waals surface area contributed by atoms with E-state index in [-0.39, 0.29) is 17.3 Å². The summed E-state index contributed by atoms with van der Waals surface area (Å²) in [6.45, 7) is 0. The number of benzene rings is 1. The fraction of sp³-hybridized carbons (Fsp3) is 0.333. The number of halogens is 3. The molecule has 0 N–H and O–H groups in total. The van der Waals surface area contributed by atoms with Crippen molar-refractivity contribution in [3.63, 3.8) is 0 Å². The van der Waals surface area contributed by atoms with Crippen LogP contribution in [0.4, 0.5) is 13.2 Å². The second-order valence-electron chi connectivity index (χ2n) is 2.95. The smallest absolute Gasteiger partial charge is 0.344 e. The van der Waals surface area contributed by atoms with E-state index in [1.165, 1.54) is 25.3 Å². The lowest BCUT2D eigenvalue weighted by atomic mass is 10.1. The third kappa shape index (κ3) is 1.27. The summed E-state index contributed by atoms with van der Waals surface area (Å²) in [6, 6.07) is 5.69. The standard InChI is InChI=1S/C9H7F3OS/c1-13-7-4-2-3-6(5-7)8(10)9(11,12)14-8/h2-5H,1H3. The Morgan fingerprint density at radius 2 is 1.93 bits per heavy atom. The first-order valence-electron chi connectivity index (χ1n) is 3.91. The van der Waals surface area contributed by atoms with Crippen LogP contribution >= 0.6 is 11.8 Å². The molecule has 0 bridgehead atoms. The zero-order valence-corrected chi connectivity index (χ0v) is 8.08. The second-order valence-corrected chi connectivity index (χ2v) is 4.23. The van der Waals surface area contributed by atoms with E-state index in [4.69, 9.17) is 4.74 Å². The summed E-state index contributed by atoms with van der Waals surface area (Å²) in [5.74, 6) is 0.378. The van der Waals surface area contributed by atoms with Crippen molar-refractivity contribution in [1.29, 1.82) is 0 Å². The second kappa shape index (κ2) is 2.82. The van der Waals surface area contributed by atoms with Crippen LogP contribution in [0.3, 0.4) is 0 Å². The number of hydrogen-bond acceptors (Lipinski definition) is 2. The molecule has 0 radical (unpaired) electrons. The molecule has 0 aliphatic carbocycles. The van der Waals surface area contributed by atoms with Gasteiger partial charge in [-0.2, -0.15) is 8.78 Å². The molecule has 0 spiro atoms. The van der Waals surface area contributed by atoms with Crippen LogP contribution in [0.1, 0.15) is 5.56 Å². The molecule has 1 atom stereocenters. The zero-order valence-electron chi connectivity index (χ0n) is 7.26. The quantitative estimate of drug-likeness (QED) is 0.708. The van der Waals surface area contributed by atoms with Gasteiger partial charge in [-0.25, -0.2) is 4.39 Å². The van der Waals surface area contributed by atoms with E-state index in [1.54, 1.807) is 6.07 Å². The number of alkyl halides is 3. The predicted octanol–water partition coefficient (Wildman–Crippen LogP) is 3.16. The maximum atomic E-state index is 13.5. The molecule has 1 nitrogen and oxygen atoms in total. The molecule has 0 aromatic heterocycles. The van der Waals surface area contributed by atoms with Crippen LogP contribution in [0.2, 0.25) is 0 Å². The molecule has 1 unspecified atom stereocenters.